The van der Waals surface area contributed by atoms with Crippen LogP contribution in [-0.4, -0.2) is 24.9 Å². The van der Waals surface area contributed by atoms with Crippen LogP contribution in [0, 0.1) is 0 Å². The Morgan fingerprint density at radius 1 is 1.25 bits per heavy atom. The first kappa shape index (κ1) is 13.2. The molecule has 0 aromatic heterocycles. The average molecular weight is 224 g/mol. The second kappa shape index (κ2) is 6.63. The van der Waals surface area contributed by atoms with E-state index in [1.54, 1.807) is 7.11 Å². The lowest BCUT2D eigenvalue weighted by Crippen LogP contribution is -2.13. The van der Waals surface area contributed by atoms with Crippen molar-refractivity contribution in [3.05, 3.63) is 35.4 Å². The molecule has 0 bridgehead atoms. The maximum atomic E-state index is 10.00. The first-order valence-electron chi connectivity index (χ1n) is 5.51. The van der Waals surface area contributed by atoms with Crippen LogP contribution < -0.4 is 0 Å². The summed E-state index contributed by atoms with van der Waals surface area (Å²) < 4.78 is 10.5. The third-order valence-corrected chi connectivity index (χ3v) is 2.30. The zero-order valence-electron chi connectivity index (χ0n) is 10.1. The molecule has 0 radical (unpaired) electrons. The highest BCUT2D eigenvalue weighted by atomic mass is 16.5. The van der Waals surface area contributed by atoms with E-state index in [-0.39, 0.29) is 6.10 Å². The first-order valence-corrected chi connectivity index (χ1v) is 5.51. The van der Waals surface area contributed by atoms with E-state index < -0.39 is 6.10 Å². The van der Waals surface area contributed by atoms with E-state index in [2.05, 4.69) is 0 Å². The molecule has 0 fully saturated rings. The molecule has 1 aromatic rings. The van der Waals surface area contributed by atoms with Crippen molar-refractivity contribution in [1.29, 1.82) is 0 Å². The zero-order chi connectivity index (χ0) is 12.0. The van der Waals surface area contributed by atoms with Crippen LogP contribution in [-0.2, 0) is 16.1 Å². The van der Waals surface area contributed by atoms with Crippen molar-refractivity contribution in [3.63, 3.8) is 0 Å². The fourth-order valence-corrected chi connectivity index (χ4v) is 1.52. The Hall–Kier alpha value is -0.900. The summed E-state index contributed by atoms with van der Waals surface area (Å²) in [5.74, 6) is 0. The second-order valence-electron chi connectivity index (χ2n) is 4.03. The molecular weight excluding hydrogens is 204 g/mol. The summed E-state index contributed by atoms with van der Waals surface area (Å²) >= 11 is 0. The van der Waals surface area contributed by atoms with Crippen molar-refractivity contribution in [1.82, 2.24) is 0 Å². The standard InChI is InChI=1S/C13H20O3/c1-10(2)16-9-13(14)12-7-5-4-6-11(12)8-15-3/h4-7,10,13-14H,8-9H2,1-3H3. The molecule has 0 saturated carbocycles. The Kier molecular flexibility index (Phi) is 5.46. The minimum absolute atomic E-state index is 0.129. The number of methoxy groups -OCH3 is 1. The van der Waals surface area contributed by atoms with E-state index in [9.17, 15) is 5.11 Å². The van der Waals surface area contributed by atoms with E-state index in [1.807, 2.05) is 38.1 Å². The summed E-state index contributed by atoms with van der Waals surface area (Å²) in [4.78, 5) is 0. The molecule has 0 amide bonds. The molecule has 3 heteroatoms. The number of aliphatic hydroxyl groups is 1. The molecule has 1 rings (SSSR count). The predicted octanol–water partition coefficient (Wildman–Crippen LogP) is 2.29. The minimum atomic E-state index is -0.589. The smallest absolute Gasteiger partial charge is 0.103 e. The van der Waals surface area contributed by atoms with E-state index in [0.29, 0.717) is 13.2 Å². The molecule has 1 aromatic carbocycles. The van der Waals surface area contributed by atoms with Crippen LogP contribution in [0.3, 0.4) is 0 Å². The zero-order valence-corrected chi connectivity index (χ0v) is 10.1. The van der Waals surface area contributed by atoms with Gasteiger partial charge in [-0.05, 0) is 25.0 Å². The van der Waals surface area contributed by atoms with Gasteiger partial charge in [0.2, 0.25) is 0 Å². The second-order valence-corrected chi connectivity index (χ2v) is 4.03. The quantitative estimate of drug-likeness (QED) is 0.805. The SMILES string of the molecule is COCc1ccccc1C(O)COC(C)C. The Bertz CT molecular complexity index is 310. The van der Waals surface area contributed by atoms with Gasteiger partial charge in [-0.25, -0.2) is 0 Å². The molecule has 0 saturated heterocycles. The van der Waals surface area contributed by atoms with Gasteiger partial charge in [-0.2, -0.15) is 0 Å². The molecule has 0 heterocycles. The normalized spacial score (nSPS) is 13.1. The molecule has 1 unspecified atom stereocenters. The third-order valence-electron chi connectivity index (χ3n) is 2.30. The molecule has 0 spiro atoms. The highest BCUT2D eigenvalue weighted by molar-refractivity contribution is 5.28. The fraction of sp³-hybridized carbons (Fsp3) is 0.538. The number of aliphatic hydroxyl groups excluding tert-OH is 1. The Morgan fingerprint density at radius 2 is 1.94 bits per heavy atom. The van der Waals surface area contributed by atoms with Crippen LogP contribution in [0.1, 0.15) is 31.1 Å². The van der Waals surface area contributed by atoms with Gasteiger partial charge in [-0.1, -0.05) is 24.3 Å². The van der Waals surface area contributed by atoms with Gasteiger partial charge < -0.3 is 14.6 Å². The largest absolute Gasteiger partial charge is 0.386 e. The number of rotatable bonds is 6. The summed E-state index contributed by atoms with van der Waals surface area (Å²) in [5, 5.41) is 10.00. The molecule has 0 aliphatic rings. The lowest BCUT2D eigenvalue weighted by atomic mass is 10.0. The van der Waals surface area contributed by atoms with Crippen LogP contribution in [0.4, 0.5) is 0 Å². The molecule has 90 valence electrons. The van der Waals surface area contributed by atoms with Gasteiger partial charge in [-0.15, -0.1) is 0 Å². The summed E-state index contributed by atoms with van der Waals surface area (Å²) in [6, 6.07) is 7.71. The number of hydrogen-bond acceptors (Lipinski definition) is 3. The van der Waals surface area contributed by atoms with Crippen LogP contribution in [0.2, 0.25) is 0 Å². The van der Waals surface area contributed by atoms with E-state index in [4.69, 9.17) is 9.47 Å². The van der Waals surface area contributed by atoms with Crippen molar-refractivity contribution in [3.8, 4) is 0 Å². The summed E-state index contributed by atoms with van der Waals surface area (Å²) in [5.41, 5.74) is 1.88. The molecular formula is C13H20O3. The predicted molar refractivity (Wildman–Crippen MR) is 63.2 cm³/mol. The van der Waals surface area contributed by atoms with E-state index in [1.165, 1.54) is 0 Å². The van der Waals surface area contributed by atoms with Gasteiger partial charge in [0.1, 0.15) is 6.10 Å². The molecule has 1 atom stereocenters. The highest BCUT2D eigenvalue weighted by Gasteiger charge is 2.12. The van der Waals surface area contributed by atoms with Gasteiger partial charge in [0, 0.05) is 7.11 Å². The number of benzene rings is 1. The molecule has 0 aliphatic heterocycles. The third kappa shape index (κ3) is 3.93. The molecule has 16 heavy (non-hydrogen) atoms. The highest BCUT2D eigenvalue weighted by Crippen LogP contribution is 2.19. The summed E-state index contributed by atoms with van der Waals surface area (Å²) in [6.07, 6.45) is -0.460. The van der Waals surface area contributed by atoms with Crippen molar-refractivity contribution in [2.24, 2.45) is 0 Å². The monoisotopic (exact) mass is 224 g/mol. The van der Waals surface area contributed by atoms with Gasteiger partial charge in [0.05, 0.1) is 19.3 Å². The van der Waals surface area contributed by atoms with E-state index in [0.717, 1.165) is 11.1 Å². The number of ether oxygens (including phenoxy) is 2. The Balaban J connectivity index is 2.69. The van der Waals surface area contributed by atoms with Gasteiger partial charge >= 0.3 is 0 Å². The van der Waals surface area contributed by atoms with E-state index >= 15 is 0 Å². The van der Waals surface area contributed by atoms with Crippen LogP contribution in [0.25, 0.3) is 0 Å². The van der Waals surface area contributed by atoms with Crippen molar-refractivity contribution >= 4 is 0 Å². The fourth-order valence-electron chi connectivity index (χ4n) is 1.52. The average Bonchev–Trinajstić information content (AvgIpc) is 2.27. The molecule has 0 aliphatic carbocycles. The first-order chi connectivity index (χ1) is 7.65. The van der Waals surface area contributed by atoms with Crippen molar-refractivity contribution in [2.75, 3.05) is 13.7 Å². The van der Waals surface area contributed by atoms with Crippen molar-refractivity contribution < 1.29 is 14.6 Å². The maximum absolute atomic E-state index is 10.00. The van der Waals surface area contributed by atoms with Crippen LogP contribution >= 0.6 is 0 Å². The van der Waals surface area contributed by atoms with Gasteiger partial charge in [0.15, 0.2) is 0 Å². The van der Waals surface area contributed by atoms with Crippen LogP contribution in [0.5, 0.6) is 0 Å². The van der Waals surface area contributed by atoms with Crippen LogP contribution in [0.15, 0.2) is 24.3 Å². The Morgan fingerprint density at radius 3 is 2.56 bits per heavy atom. The minimum Gasteiger partial charge on any atom is -0.386 e. The lowest BCUT2D eigenvalue weighted by Gasteiger charge is -2.16. The summed E-state index contributed by atoms with van der Waals surface area (Å²) in [7, 11) is 1.65. The molecule has 3 nitrogen and oxygen atoms in total. The van der Waals surface area contributed by atoms with Gasteiger partial charge in [0.25, 0.3) is 0 Å². The summed E-state index contributed by atoms with van der Waals surface area (Å²) in [6.45, 7) is 4.73. The topological polar surface area (TPSA) is 38.7 Å². The van der Waals surface area contributed by atoms with Gasteiger partial charge in [-0.3, -0.25) is 0 Å². The van der Waals surface area contributed by atoms with Crippen molar-refractivity contribution in [2.45, 2.75) is 32.7 Å². The molecule has 1 N–H and O–H groups in total. The lowest BCUT2D eigenvalue weighted by molar-refractivity contribution is 0.00404. The number of hydrogen-bond donors (Lipinski definition) is 1. The Labute approximate surface area is 97.0 Å². The maximum Gasteiger partial charge on any atom is 0.103 e.